The molecule has 1 heterocycles. The third-order valence-corrected chi connectivity index (χ3v) is 3.98. The number of methoxy groups -OCH3 is 1. The predicted octanol–water partition coefficient (Wildman–Crippen LogP) is 3.62. The number of hydrogen-bond donors (Lipinski definition) is 1. The van der Waals surface area contributed by atoms with Gasteiger partial charge in [-0.1, -0.05) is 12.1 Å². The Morgan fingerprint density at radius 2 is 2.11 bits per heavy atom. The molecule has 0 fully saturated rings. The fraction of sp³-hybridized carbons (Fsp3) is 0.333. The zero-order valence-electron chi connectivity index (χ0n) is 11.1. The molecule has 1 atom stereocenters. The minimum atomic E-state index is -0.0146. The van der Waals surface area contributed by atoms with Crippen molar-refractivity contribution in [1.82, 2.24) is 0 Å². The van der Waals surface area contributed by atoms with Crippen molar-refractivity contribution in [3.05, 3.63) is 51.2 Å². The van der Waals surface area contributed by atoms with Crippen LogP contribution in [0, 0.1) is 13.8 Å². The summed E-state index contributed by atoms with van der Waals surface area (Å²) in [4.78, 5) is 1.31. The van der Waals surface area contributed by atoms with Crippen LogP contribution in [0.5, 0.6) is 5.75 Å². The van der Waals surface area contributed by atoms with Gasteiger partial charge in [-0.05, 0) is 42.5 Å². The minimum absolute atomic E-state index is 0.0146. The quantitative estimate of drug-likeness (QED) is 0.912. The molecule has 2 nitrogen and oxygen atoms in total. The van der Waals surface area contributed by atoms with Gasteiger partial charge >= 0.3 is 0 Å². The summed E-state index contributed by atoms with van der Waals surface area (Å²) >= 11 is 1.75. The van der Waals surface area contributed by atoms with Crippen LogP contribution in [0.2, 0.25) is 0 Å². The largest absolute Gasteiger partial charge is 0.496 e. The molecule has 0 spiro atoms. The molecule has 0 amide bonds. The van der Waals surface area contributed by atoms with Gasteiger partial charge in [-0.3, -0.25) is 0 Å². The number of thiophene rings is 1. The first-order chi connectivity index (χ1) is 8.61. The third kappa shape index (κ3) is 2.74. The lowest BCUT2D eigenvalue weighted by molar-refractivity contribution is 0.404. The van der Waals surface area contributed by atoms with Gasteiger partial charge in [0.2, 0.25) is 0 Å². The molecule has 3 heteroatoms. The molecule has 2 aromatic rings. The van der Waals surface area contributed by atoms with E-state index in [1.54, 1.807) is 18.4 Å². The van der Waals surface area contributed by atoms with Crippen LogP contribution in [0.15, 0.2) is 29.6 Å². The summed E-state index contributed by atoms with van der Waals surface area (Å²) in [5.74, 6) is 0.900. The summed E-state index contributed by atoms with van der Waals surface area (Å²) in [6, 6.07) is 8.38. The summed E-state index contributed by atoms with van der Waals surface area (Å²) < 4.78 is 5.47. The predicted molar refractivity (Wildman–Crippen MR) is 77.4 cm³/mol. The highest BCUT2D eigenvalue weighted by atomic mass is 32.1. The molecular weight excluding hydrogens is 242 g/mol. The van der Waals surface area contributed by atoms with Gasteiger partial charge in [-0.25, -0.2) is 0 Å². The van der Waals surface area contributed by atoms with E-state index in [0.29, 0.717) is 0 Å². The van der Waals surface area contributed by atoms with E-state index in [0.717, 1.165) is 17.7 Å². The van der Waals surface area contributed by atoms with Crippen molar-refractivity contribution in [2.75, 3.05) is 7.11 Å². The summed E-state index contributed by atoms with van der Waals surface area (Å²) in [6.07, 6.45) is 0.859. The first kappa shape index (κ1) is 13.1. The van der Waals surface area contributed by atoms with Gasteiger partial charge in [0.15, 0.2) is 0 Å². The van der Waals surface area contributed by atoms with Crippen molar-refractivity contribution in [2.24, 2.45) is 5.73 Å². The standard InChI is InChI=1S/C15H19NOS/c1-10-7-11(2)15(14(8-10)17-3)13(16)9-12-5-4-6-18-12/h4-8,13H,9,16H2,1-3H3. The molecule has 2 rings (SSSR count). The van der Waals surface area contributed by atoms with E-state index in [9.17, 15) is 0 Å². The zero-order chi connectivity index (χ0) is 13.1. The summed E-state index contributed by atoms with van der Waals surface area (Å²) in [5.41, 5.74) is 9.87. The van der Waals surface area contributed by atoms with Crippen molar-refractivity contribution in [2.45, 2.75) is 26.3 Å². The Morgan fingerprint density at radius 3 is 2.72 bits per heavy atom. The maximum absolute atomic E-state index is 6.34. The lowest BCUT2D eigenvalue weighted by Crippen LogP contribution is -2.15. The average Bonchev–Trinajstić information content (AvgIpc) is 2.80. The minimum Gasteiger partial charge on any atom is -0.496 e. The van der Waals surface area contributed by atoms with E-state index in [2.05, 4.69) is 43.5 Å². The molecule has 0 aliphatic rings. The number of nitrogens with two attached hydrogens (primary N) is 1. The highest BCUT2D eigenvalue weighted by Gasteiger charge is 2.16. The van der Waals surface area contributed by atoms with Crippen LogP contribution in [0.1, 0.15) is 27.6 Å². The monoisotopic (exact) mass is 261 g/mol. The van der Waals surface area contributed by atoms with Gasteiger partial charge in [0.05, 0.1) is 7.11 Å². The van der Waals surface area contributed by atoms with E-state index in [1.165, 1.54) is 16.0 Å². The van der Waals surface area contributed by atoms with Crippen LogP contribution < -0.4 is 10.5 Å². The SMILES string of the molecule is COc1cc(C)cc(C)c1C(N)Cc1cccs1. The maximum atomic E-state index is 6.34. The number of benzene rings is 1. The molecule has 0 aliphatic heterocycles. The molecule has 0 saturated heterocycles. The van der Waals surface area contributed by atoms with Crippen LogP contribution in [-0.4, -0.2) is 7.11 Å². The lowest BCUT2D eigenvalue weighted by atomic mass is 9.96. The normalized spacial score (nSPS) is 12.4. The van der Waals surface area contributed by atoms with E-state index in [1.807, 2.05) is 0 Å². The molecule has 0 saturated carbocycles. The Balaban J connectivity index is 2.31. The van der Waals surface area contributed by atoms with Gasteiger partial charge in [0.1, 0.15) is 5.75 Å². The van der Waals surface area contributed by atoms with Crippen molar-refractivity contribution in [3.8, 4) is 5.75 Å². The van der Waals surface area contributed by atoms with Crippen molar-refractivity contribution >= 4 is 11.3 Å². The second kappa shape index (κ2) is 5.55. The first-order valence-corrected chi connectivity index (χ1v) is 6.93. The van der Waals surface area contributed by atoms with E-state index in [-0.39, 0.29) is 6.04 Å². The Labute approximate surface area is 112 Å². The van der Waals surface area contributed by atoms with Gasteiger partial charge in [-0.15, -0.1) is 11.3 Å². The van der Waals surface area contributed by atoms with Crippen LogP contribution in [0.3, 0.4) is 0 Å². The smallest absolute Gasteiger partial charge is 0.124 e. The fourth-order valence-corrected chi connectivity index (χ4v) is 3.10. The molecule has 1 unspecified atom stereocenters. The first-order valence-electron chi connectivity index (χ1n) is 6.05. The Kier molecular flexibility index (Phi) is 4.04. The van der Waals surface area contributed by atoms with Crippen molar-refractivity contribution in [3.63, 3.8) is 0 Å². The van der Waals surface area contributed by atoms with Crippen LogP contribution >= 0.6 is 11.3 Å². The molecule has 2 N–H and O–H groups in total. The van der Waals surface area contributed by atoms with Gasteiger partial charge in [-0.2, -0.15) is 0 Å². The lowest BCUT2D eigenvalue weighted by Gasteiger charge is -2.18. The number of ether oxygens (including phenoxy) is 1. The van der Waals surface area contributed by atoms with E-state index < -0.39 is 0 Å². The Hall–Kier alpha value is -1.32. The third-order valence-electron chi connectivity index (χ3n) is 3.09. The average molecular weight is 261 g/mol. The number of hydrogen-bond acceptors (Lipinski definition) is 3. The topological polar surface area (TPSA) is 35.2 Å². The van der Waals surface area contributed by atoms with E-state index in [4.69, 9.17) is 10.5 Å². The number of rotatable bonds is 4. The van der Waals surface area contributed by atoms with Gasteiger partial charge < -0.3 is 10.5 Å². The van der Waals surface area contributed by atoms with Crippen LogP contribution in [-0.2, 0) is 6.42 Å². The van der Waals surface area contributed by atoms with Crippen LogP contribution in [0.4, 0.5) is 0 Å². The maximum Gasteiger partial charge on any atom is 0.124 e. The molecular formula is C15H19NOS. The molecule has 18 heavy (non-hydrogen) atoms. The van der Waals surface area contributed by atoms with Gasteiger partial charge in [0.25, 0.3) is 0 Å². The van der Waals surface area contributed by atoms with Crippen molar-refractivity contribution < 1.29 is 4.74 Å². The number of aryl methyl sites for hydroxylation is 2. The van der Waals surface area contributed by atoms with Gasteiger partial charge in [0, 0.05) is 22.9 Å². The summed E-state index contributed by atoms with van der Waals surface area (Å²) in [5, 5.41) is 2.08. The highest BCUT2D eigenvalue weighted by Crippen LogP contribution is 2.31. The second-order valence-electron chi connectivity index (χ2n) is 4.59. The zero-order valence-corrected chi connectivity index (χ0v) is 11.9. The molecule has 1 aromatic heterocycles. The molecule has 0 aliphatic carbocycles. The van der Waals surface area contributed by atoms with Crippen molar-refractivity contribution in [1.29, 1.82) is 0 Å². The summed E-state index contributed by atoms with van der Waals surface area (Å²) in [7, 11) is 1.70. The second-order valence-corrected chi connectivity index (χ2v) is 5.62. The highest BCUT2D eigenvalue weighted by molar-refractivity contribution is 7.09. The summed E-state index contributed by atoms with van der Waals surface area (Å²) in [6.45, 7) is 4.17. The molecule has 0 radical (unpaired) electrons. The molecule has 96 valence electrons. The Morgan fingerprint density at radius 1 is 1.33 bits per heavy atom. The van der Waals surface area contributed by atoms with E-state index >= 15 is 0 Å². The van der Waals surface area contributed by atoms with Crippen LogP contribution in [0.25, 0.3) is 0 Å². The Bertz CT molecular complexity index is 520. The molecule has 0 bridgehead atoms. The fourth-order valence-electron chi connectivity index (χ4n) is 2.33. The molecule has 1 aromatic carbocycles.